The first-order valence-corrected chi connectivity index (χ1v) is 6.81. The molecule has 0 aromatic heterocycles. The van der Waals surface area contributed by atoms with Crippen molar-refractivity contribution >= 4 is 37.8 Å². The van der Waals surface area contributed by atoms with E-state index in [1.807, 2.05) is 5.43 Å². The molecule has 0 fully saturated rings. The van der Waals surface area contributed by atoms with Gasteiger partial charge in [-0.05, 0) is 44.0 Å². The van der Waals surface area contributed by atoms with Crippen LogP contribution < -0.4 is 20.7 Å². The van der Waals surface area contributed by atoms with Crippen LogP contribution in [0.4, 0.5) is 0 Å². The van der Waals surface area contributed by atoms with Crippen molar-refractivity contribution in [1.82, 2.24) is 5.43 Å². The molecule has 1 aromatic carbocycles. The predicted molar refractivity (Wildman–Crippen MR) is 77.0 cm³/mol. The normalized spacial score (nSPS) is 11.8. The Hall–Kier alpha value is -0.830. The molecule has 0 bridgehead atoms. The zero-order chi connectivity index (χ0) is 14.4. The van der Waals surface area contributed by atoms with E-state index in [9.17, 15) is 4.79 Å². The summed E-state index contributed by atoms with van der Waals surface area (Å²) < 4.78 is 17.0. The quantitative estimate of drug-likeness (QED) is 0.432. The minimum atomic E-state index is -0.841. The standard InChI is InChI=1S/C11H14Br2N2O4/c1-17-5-10(11(16)15-14)19-9-4-6(12)8(18-2)3-7(9)13/h3-4,10H,5,14H2,1-2H3,(H,15,16). The lowest BCUT2D eigenvalue weighted by Crippen LogP contribution is -2.44. The zero-order valence-electron chi connectivity index (χ0n) is 10.4. The van der Waals surface area contributed by atoms with Crippen molar-refractivity contribution in [3.63, 3.8) is 0 Å². The number of hydrogen-bond donors (Lipinski definition) is 2. The average Bonchev–Trinajstić information content (AvgIpc) is 2.40. The Kier molecular flexibility index (Phi) is 6.56. The van der Waals surface area contributed by atoms with Crippen molar-refractivity contribution < 1.29 is 19.0 Å². The Morgan fingerprint density at radius 1 is 1.32 bits per heavy atom. The maximum atomic E-state index is 11.5. The second-order valence-corrected chi connectivity index (χ2v) is 5.20. The van der Waals surface area contributed by atoms with Gasteiger partial charge in [-0.2, -0.15) is 0 Å². The van der Waals surface area contributed by atoms with E-state index in [1.165, 1.54) is 7.11 Å². The Morgan fingerprint density at radius 3 is 2.42 bits per heavy atom. The molecule has 8 heteroatoms. The van der Waals surface area contributed by atoms with E-state index >= 15 is 0 Å². The first-order valence-electron chi connectivity index (χ1n) is 5.22. The summed E-state index contributed by atoms with van der Waals surface area (Å²) in [6.07, 6.45) is -0.841. The number of amides is 1. The topological polar surface area (TPSA) is 82.8 Å². The molecule has 1 atom stereocenters. The summed E-state index contributed by atoms with van der Waals surface area (Å²) in [5.74, 6) is 5.74. The SMILES string of the molecule is COCC(Oc1cc(Br)c(OC)cc1Br)C(=O)NN. The van der Waals surface area contributed by atoms with Crippen molar-refractivity contribution in [2.24, 2.45) is 5.84 Å². The van der Waals surface area contributed by atoms with Crippen LogP contribution in [-0.2, 0) is 9.53 Å². The Morgan fingerprint density at radius 2 is 1.89 bits per heavy atom. The summed E-state index contributed by atoms with van der Waals surface area (Å²) in [6.45, 7) is 0.0825. The van der Waals surface area contributed by atoms with Crippen LogP contribution in [0.2, 0.25) is 0 Å². The number of nitrogens with two attached hydrogens (primary N) is 1. The number of carbonyl (C=O) groups is 1. The van der Waals surface area contributed by atoms with E-state index in [0.29, 0.717) is 20.4 Å². The Labute approximate surface area is 127 Å². The van der Waals surface area contributed by atoms with Crippen LogP contribution in [0.15, 0.2) is 21.1 Å². The predicted octanol–water partition coefficient (Wildman–Crippen LogP) is 1.60. The lowest BCUT2D eigenvalue weighted by atomic mass is 10.3. The van der Waals surface area contributed by atoms with Crippen LogP contribution in [0.5, 0.6) is 11.5 Å². The van der Waals surface area contributed by atoms with Crippen LogP contribution in [0.1, 0.15) is 0 Å². The minimum Gasteiger partial charge on any atom is -0.496 e. The first kappa shape index (κ1) is 16.2. The highest BCUT2D eigenvalue weighted by Gasteiger charge is 2.21. The van der Waals surface area contributed by atoms with Gasteiger partial charge in [0.2, 0.25) is 6.10 Å². The fraction of sp³-hybridized carbons (Fsp3) is 0.364. The lowest BCUT2D eigenvalue weighted by molar-refractivity contribution is -0.130. The molecule has 1 unspecified atom stereocenters. The zero-order valence-corrected chi connectivity index (χ0v) is 13.6. The molecular formula is C11H14Br2N2O4. The summed E-state index contributed by atoms with van der Waals surface area (Å²) in [4.78, 5) is 11.5. The summed E-state index contributed by atoms with van der Waals surface area (Å²) in [5.41, 5.74) is 2.03. The molecule has 0 aliphatic rings. The molecule has 0 saturated heterocycles. The van der Waals surface area contributed by atoms with Crippen LogP contribution in [0.3, 0.4) is 0 Å². The van der Waals surface area contributed by atoms with Crippen molar-refractivity contribution in [3.05, 3.63) is 21.1 Å². The van der Waals surface area contributed by atoms with Gasteiger partial charge >= 0.3 is 0 Å². The van der Waals surface area contributed by atoms with Gasteiger partial charge in [0.1, 0.15) is 11.5 Å². The molecule has 1 rings (SSSR count). The molecule has 0 aliphatic heterocycles. The summed E-state index contributed by atoms with van der Waals surface area (Å²) >= 11 is 6.69. The molecule has 0 saturated carbocycles. The number of ether oxygens (including phenoxy) is 3. The number of benzene rings is 1. The number of nitrogens with one attached hydrogen (secondary N) is 1. The van der Waals surface area contributed by atoms with Crippen LogP contribution in [0, 0.1) is 0 Å². The monoisotopic (exact) mass is 396 g/mol. The molecule has 0 heterocycles. The number of hydrazine groups is 1. The molecule has 0 aliphatic carbocycles. The van der Waals surface area contributed by atoms with E-state index in [1.54, 1.807) is 19.2 Å². The van der Waals surface area contributed by atoms with Crippen LogP contribution in [0.25, 0.3) is 0 Å². The molecule has 0 spiro atoms. The first-order chi connectivity index (χ1) is 9.03. The highest BCUT2D eigenvalue weighted by molar-refractivity contribution is 9.11. The van der Waals surface area contributed by atoms with Crippen molar-refractivity contribution in [1.29, 1.82) is 0 Å². The smallest absolute Gasteiger partial charge is 0.277 e. The highest BCUT2D eigenvalue weighted by Crippen LogP contribution is 2.36. The van der Waals surface area contributed by atoms with Gasteiger partial charge in [0, 0.05) is 7.11 Å². The number of halogens is 2. The van der Waals surface area contributed by atoms with Gasteiger partial charge in [-0.25, -0.2) is 5.84 Å². The minimum absolute atomic E-state index is 0.0825. The van der Waals surface area contributed by atoms with Crippen LogP contribution in [-0.4, -0.2) is 32.8 Å². The van der Waals surface area contributed by atoms with E-state index in [0.717, 1.165) is 0 Å². The van der Waals surface area contributed by atoms with Gasteiger partial charge in [0.15, 0.2) is 0 Å². The van der Waals surface area contributed by atoms with E-state index < -0.39 is 12.0 Å². The third-order valence-electron chi connectivity index (χ3n) is 2.23. The second kappa shape index (κ2) is 7.68. The maximum absolute atomic E-state index is 11.5. The maximum Gasteiger partial charge on any atom is 0.277 e. The van der Waals surface area contributed by atoms with Crippen molar-refractivity contribution in [3.8, 4) is 11.5 Å². The molecule has 19 heavy (non-hydrogen) atoms. The van der Waals surface area contributed by atoms with Gasteiger partial charge < -0.3 is 14.2 Å². The number of methoxy groups -OCH3 is 2. The van der Waals surface area contributed by atoms with Crippen molar-refractivity contribution in [2.75, 3.05) is 20.8 Å². The Bertz CT molecular complexity index is 457. The molecule has 106 valence electrons. The molecular weight excluding hydrogens is 384 g/mol. The fourth-order valence-electron chi connectivity index (χ4n) is 1.32. The summed E-state index contributed by atoms with van der Waals surface area (Å²) in [5, 5.41) is 0. The van der Waals surface area contributed by atoms with E-state index in [-0.39, 0.29) is 6.61 Å². The van der Waals surface area contributed by atoms with Gasteiger partial charge in [0.05, 0.1) is 22.7 Å². The number of carbonyl (C=O) groups excluding carboxylic acids is 1. The van der Waals surface area contributed by atoms with Crippen molar-refractivity contribution in [2.45, 2.75) is 6.10 Å². The number of hydrogen-bond acceptors (Lipinski definition) is 5. The third-order valence-corrected chi connectivity index (χ3v) is 3.47. The molecule has 0 radical (unpaired) electrons. The average molecular weight is 398 g/mol. The van der Waals surface area contributed by atoms with Crippen LogP contribution >= 0.6 is 31.9 Å². The molecule has 1 amide bonds. The molecule has 6 nitrogen and oxygen atoms in total. The molecule has 3 N–H and O–H groups in total. The van der Waals surface area contributed by atoms with Gasteiger partial charge in [-0.3, -0.25) is 10.2 Å². The highest BCUT2D eigenvalue weighted by atomic mass is 79.9. The van der Waals surface area contributed by atoms with E-state index in [2.05, 4.69) is 31.9 Å². The van der Waals surface area contributed by atoms with Gasteiger partial charge in [-0.15, -0.1) is 0 Å². The third kappa shape index (κ3) is 4.34. The molecule has 1 aromatic rings. The largest absolute Gasteiger partial charge is 0.496 e. The summed E-state index contributed by atoms with van der Waals surface area (Å²) in [6, 6.07) is 3.42. The van der Waals surface area contributed by atoms with Gasteiger partial charge in [0.25, 0.3) is 5.91 Å². The lowest BCUT2D eigenvalue weighted by Gasteiger charge is -2.18. The number of rotatable bonds is 6. The second-order valence-electron chi connectivity index (χ2n) is 3.49. The van der Waals surface area contributed by atoms with E-state index in [4.69, 9.17) is 20.1 Å². The summed E-state index contributed by atoms with van der Waals surface area (Å²) in [7, 11) is 3.03. The Balaban J connectivity index is 2.96. The van der Waals surface area contributed by atoms with Gasteiger partial charge in [-0.1, -0.05) is 0 Å². The fourth-order valence-corrected chi connectivity index (χ4v) is 2.22.